The topological polar surface area (TPSA) is 82.2 Å². The molecule has 3 N–H and O–H groups in total. The van der Waals surface area contributed by atoms with Crippen molar-refractivity contribution in [1.82, 2.24) is 9.80 Å². The zero-order chi connectivity index (χ0) is 14.1. The first kappa shape index (κ1) is 13.7. The molecule has 6 heteroatoms. The van der Waals surface area contributed by atoms with Crippen molar-refractivity contribution in [3.63, 3.8) is 0 Å². The van der Waals surface area contributed by atoms with Gasteiger partial charge in [0.2, 0.25) is 5.91 Å². The van der Waals surface area contributed by atoms with E-state index in [9.17, 15) is 4.79 Å². The number of piperazine rings is 1. The lowest BCUT2D eigenvalue weighted by molar-refractivity contribution is -0.138. The molecule has 0 aromatic carbocycles. The summed E-state index contributed by atoms with van der Waals surface area (Å²) in [7, 11) is 0. The van der Waals surface area contributed by atoms with E-state index in [0.29, 0.717) is 24.3 Å². The second kappa shape index (κ2) is 5.60. The van der Waals surface area contributed by atoms with Gasteiger partial charge in [0, 0.05) is 32.1 Å². The molecule has 0 spiro atoms. The summed E-state index contributed by atoms with van der Waals surface area (Å²) in [5, 5.41) is 11.6. The van der Waals surface area contributed by atoms with E-state index in [1.807, 2.05) is 4.90 Å². The zero-order valence-corrected chi connectivity index (χ0v) is 11.9. The normalized spacial score (nSPS) is 34.7. The maximum Gasteiger partial charge on any atom is 0.226 e. The lowest BCUT2D eigenvalue weighted by Gasteiger charge is -2.37. The van der Waals surface area contributed by atoms with Gasteiger partial charge in [-0.3, -0.25) is 9.69 Å². The number of hydrogen-bond acceptors (Lipinski definition) is 4. The molecule has 2 bridgehead atoms. The van der Waals surface area contributed by atoms with Gasteiger partial charge in [-0.2, -0.15) is 0 Å². The number of hydrogen-bond donors (Lipinski definition) is 2. The molecule has 3 rings (SSSR count). The van der Waals surface area contributed by atoms with Crippen LogP contribution in [0.1, 0.15) is 25.7 Å². The van der Waals surface area contributed by atoms with Crippen LogP contribution in [0, 0.1) is 17.8 Å². The number of amides is 1. The number of nitrogens with two attached hydrogens (primary N) is 1. The van der Waals surface area contributed by atoms with Crippen LogP contribution in [-0.4, -0.2) is 59.5 Å². The molecular weight excluding hydrogens is 256 g/mol. The summed E-state index contributed by atoms with van der Waals surface area (Å²) in [4.78, 5) is 16.7. The van der Waals surface area contributed by atoms with Crippen molar-refractivity contribution in [3.05, 3.63) is 0 Å². The molecule has 1 heterocycles. The van der Waals surface area contributed by atoms with Gasteiger partial charge in [0.05, 0.1) is 6.54 Å². The Morgan fingerprint density at radius 3 is 2.50 bits per heavy atom. The lowest BCUT2D eigenvalue weighted by atomic mass is 9.87. The quantitative estimate of drug-likeness (QED) is 0.337. The standard InChI is InChI=1S/C14H24N4O2/c15-13(16-20)9-17-3-5-18(6-4-17)14(19)12-8-10-1-2-11(12)7-10/h10-12,20H,1-9H2,(H2,15,16). The Balaban J connectivity index is 1.49. The maximum absolute atomic E-state index is 12.6. The van der Waals surface area contributed by atoms with Gasteiger partial charge in [-0.1, -0.05) is 11.6 Å². The third-order valence-electron chi connectivity index (χ3n) is 5.25. The summed E-state index contributed by atoms with van der Waals surface area (Å²) in [6.07, 6.45) is 4.99. The van der Waals surface area contributed by atoms with Gasteiger partial charge in [0.15, 0.2) is 5.84 Å². The Bertz CT molecular complexity index is 404. The third-order valence-corrected chi connectivity index (χ3v) is 5.25. The van der Waals surface area contributed by atoms with Gasteiger partial charge in [-0.25, -0.2) is 0 Å². The van der Waals surface area contributed by atoms with Gasteiger partial charge in [0.25, 0.3) is 0 Å². The van der Waals surface area contributed by atoms with Gasteiger partial charge in [-0.05, 0) is 31.1 Å². The predicted octanol–water partition coefficient (Wildman–Crippen LogP) is 0.313. The molecule has 1 amide bonds. The van der Waals surface area contributed by atoms with E-state index in [1.165, 1.54) is 19.3 Å². The smallest absolute Gasteiger partial charge is 0.226 e. The average molecular weight is 280 g/mol. The zero-order valence-electron chi connectivity index (χ0n) is 11.9. The van der Waals surface area contributed by atoms with E-state index in [-0.39, 0.29) is 5.84 Å². The maximum atomic E-state index is 12.6. The van der Waals surface area contributed by atoms with Crippen molar-refractivity contribution in [2.75, 3.05) is 32.7 Å². The fourth-order valence-corrected chi connectivity index (χ4v) is 4.17. The minimum Gasteiger partial charge on any atom is -0.409 e. The molecule has 3 fully saturated rings. The van der Waals surface area contributed by atoms with E-state index < -0.39 is 0 Å². The number of carbonyl (C=O) groups is 1. The highest BCUT2D eigenvalue weighted by atomic mass is 16.4. The minimum absolute atomic E-state index is 0.234. The molecule has 6 nitrogen and oxygen atoms in total. The number of nitrogens with zero attached hydrogens (tertiary/aromatic N) is 3. The molecular formula is C14H24N4O2. The number of oxime groups is 1. The number of amidine groups is 1. The van der Waals surface area contributed by atoms with E-state index >= 15 is 0 Å². The molecule has 0 aromatic heterocycles. The lowest BCUT2D eigenvalue weighted by Crippen LogP contribution is -2.52. The second-order valence-electron chi connectivity index (χ2n) is 6.47. The summed E-state index contributed by atoms with van der Waals surface area (Å²) in [6.45, 7) is 3.63. The third kappa shape index (κ3) is 2.61. The Morgan fingerprint density at radius 2 is 1.95 bits per heavy atom. The summed E-state index contributed by atoms with van der Waals surface area (Å²) >= 11 is 0. The van der Waals surface area contributed by atoms with Crippen LogP contribution in [0.3, 0.4) is 0 Å². The molecule has 112 valence electrons. The predicted molar refractivity (Wildman–Crippen MR) is 75.4 cm³/mol. The highest BCUT2D eigenvalue weighted by molar-refractivity contribution is 5.82. The van der Waals surface area contributed by atoms with Crippen LogP contribution in [0.15, 0.2) is 5.16 Å². The Kier molecular flexibility index (Phi) is 3.83. The minimum atomic E-state index is 0.234. The molecule has 2 aliphatic carbocycles. The van der Waals surface area contributed by atoms with Crippen molar-refractivity contribution in [3.8, 4) is 0 Å². The number of fused-ring (bicyclic) bond motifs is 2. The van der Waals surface area contributed by atoms with Crippen molar-refractivity contribution < 1.29 is 10.0 Å². The Labute approximate surface area is 119 Å². The van der Waals surface area contributed by atoms with Crippen LogP contribution in [0.5, 0.6) is 0 Å². The van der Waals surface area contributed by atoms with E-state index in [2.05, 4.69) is 10.1 Å². The van der Waals surface area contributed by atoms with Gasteiger partial charge < -0.3 is 15.8 Å². The monoisotopic (exact) mass is 280 g/mol. The summed E-state index contributed by atoms with van der Waals surface area (Å²) in [5.74, 6) is 2.38. The number of carbonyl (C=O) groups excluding carboxylic acids is 1. The van der Waals surface area contributed by atoms with Crippen LogP contribution in [0.2, 0.25) is 0 Å². The Hall–Kier alpha value is -1.30. The fraction of sp³-hybridized carbons (Fsp3) is 0.857. The molecule has 0 aromatic rings. The van der Waals surface area contributed by atoms with Crippen molar-refractivity contribution in [2.24, 2.45) is 28.6 Å². The highest BCUT2D eigenvalue weighted by Gasteiger charge is 2.44. The number of rotatable bonds is 3. The second-order valence-corrected chi connectivity index (χ2v) is 6.47. The molecule has 3 atom stereocenters. The van der Waals surface area contributed by atoms with Gasteiger partial charge >= 0.3 is 0 Å². The molecule has 1 saturated heterocycles. The van der Waals surface area contributed by atoms with Crippen molar-refractivity contribution in [2.45, 2.75) is 25.7 Å². The molecule has 3 aliphatic rings. The summed E-state index contributed by atoms with van der Waals surface area (Å²) in [6, 6.07) is 0. The van der Waals surface area contributed by atoms with Gasteiger partial charge in [-0.15, -0.1) is 0 Å². The molecule has 20 heavy (non-hydrogen) atoms. The highest BCUT2D eigenvalue weighted by Crippen LogP contribution is 2.48. The Morgan fingerprint density at radius 1 is 1.20 bits per heavy atom. The largest absolute Gasteiger partial charge is 0.409 e. The average Bonchev–Trinajstić information content (AvgIpc) is 3.10. The van der Waals surface area contributed by atoms with Crippen molar-refractivity contribution >= 4 is 11.7 Å². The van der Waals surface area contributed by atoms with Crippen LogP contribution in [-0.2, 0) is 4.79 Å². The van der Waals surface area contributed by atoms with E-state index in [1.54, 1.807) is 0 Å². The summed E-state index contributed by atoms with van der Waals surface area (Å²) < 4.78 is 0. The first-order chi connectivity index (χ1) is 9.67. The molecule has 3 unspecified atom stereocenters. The first-order valence-electron chi connectivity index (χ1n) is 7.65. The molecule has 2 saturated carbocycles. The fourth-order valence-electron chi connectivity index (χ4n) is 4.17. The molecule has 1 aliphatic heterocycles. The van der Waals surface area contributed by atoms with E-state index in [0.717, 1.165) is 38.5 Å². The van der Waals surface area contributed by atoms with E-state index in [4.69, 9.17) is 10.9 Å². The SMILES string of the molecule is NC(CN1CCN(C(=O)C2CC3CCC2C3)CC1)=NO. The van der Waals surface area contributed by atoms with Crippen molar-refractivity contribution in [1.29, 1.82) is 0 Å². The summed E-state index contributed by atoms with van der Waals surface area (Å²) in [5.41, 5.74) is 5.52. The van der Waals surface area contributed by atoms with Crippen LogP contribution in [0.25, 0.3) is 0 Å². The molecule has 0 radical (unpaired) electrons. The first-order valence-corrected chi connectivity index (χ1v) is 7.65. The van der Waals surface area contributed by atoms with Crippen LogP contribution < -0.4 is 5.73 Å². The van der Waals surface area contributed by atoms with Gasteiger partial charge in [0.1, 0.15) is 0 Å². The van der Waals surface area contributed by atoms with Crippen LogP contribution >= 0.6 is 0 Å². The van der Waals surface area contributed by atoms with Crippen LogP contribution in [0.4, 0.5) is 0 Å².